The second-order valence-corrected chi connectivity index (χ2v) is 4.44. The molecule has 110 valence electrons. The second kappa shape index (κ2) is 7.35. The van der Waals surface area contributed by atoms with Crippen molar-refractivity contribution in [3.05, 3.63) is 42.1 Å². The van der Waals surface area contributed by atoms with Crippen molar-refractivity contribution >= 4 is 23.2 Å². The van der Waals surface area contributed by atoms with E-state index < -0.39 is 0 Å². The first kappa shape index (κ1) is 14.9. The molecule has 0 saturated heterocycles. The maximum Gasteiger partial charge on any atom is 0.224 e. The maximum absolute atomic E-state index is 11.2. The molecule has 0 bridgehead atoms. The molecule has 0 fully saturated rings. The smallest absolute Gasteiger partial charge is 0.224 e. The summed E-state index contributed by atoms with van der Waals surface area (Å²) in [6, 6.07) is 9.03. The van der Waals surface area contributed by atoms with Gasteiger partial charge in [0.1, 0.15) is 5.82 Å². The highest BCUT2D eigenvalue weighted by atomic mass is 16.5. The van der Waals surface area contributed by atoms with E-state index in [1.54, 1.807) is 38.4 Å². The molecule has 1 aromatic carbocycles. The van der Waals surface area contributed by atoms with Crippen molar-refractivity contribution in [1.29, 1.82) is 0 Å². The van der Waals surface area contributed by atoms with Crippen LogP contribution in [0.15, 0.2) is 36.5 Å². The topological polar surface area (TPSA) is 76.1 Å². The van der Waals surface area contributed by atoms with E-state index in [9.17, 15) is 4.79 Å². The molecule has 0 saturated carbocycles. The Labute approximate surface area is 123 Å². The zero-order valence-corrected chi connectivity index (χ0v) is 12.1. The first-order chi connectivity index (χ1) is 10.2. The molecule has 0 aliphatic rings. The summed E-state index contributed by atoms with van der Waals surface area (Å²) in [5.41, 5.74) is 1.55. The predicted molar refractivity (Wildman–Crippen MR) is 82.1 cm³/mol. The first-order valence-electron chi connectivity index (χ1n) is 6.63. The number of hydrogen-bond donors (Lipinski definition) is 2. The Morgan fingerprint density at radius 3 is 2.67 bits per heavy atom. The SMILES string of the molecule is COCCNc1nccc(Nc2ccc(C(C)=O)cc2)n1. The minimum Gasteiger partial charge on any atom is -0.383 e. The number of carbonyl (C=O) groups excluding carboxylic acids is 1. The van der Waals surface area contributed by atoms with Gasteiger partial charge in [-0.05, 0) is 37.3 Å². The lowest BCUT2D eigenvalue weighted by Crippen LogP contribution is -2.10. The number of hydrogen-bond acceptors (Lipinski definition) is 6. The number of nitrogens with one attached hydrogen (secondary N) is 2. The summed E-state index contributed by atoms with van der Waals surface area (Å²) < 4.78 is 4.96. The van der Waals surface area contributed by atoms with E-state index in [1.807, 2.05) is 12.1 Å². The predicted octanol–water partition coefficient (Wildman–Crippen LogP) is 2.48. The lowest BCUT2D eigenvalue weighted by molar-refractivity contribution is 0.101. The van der Waals surface area contributed by atoms with Crippen LogP contribution in [0.25, 0.3) is 0 Å². The van der Waals surface area contributed by atoms with E-state index in [0.29, 0.717) is 30.5 Å². The highest BCUT2D eigenvalue weighted by molar-refractivity contribution is 5.94. The number of benzene rings is 1. The zero-order valence-electron chi connectivity index (χ0n) is 12.1. The molecule has 0 aliphatic carbocycles. The zero-order chi connectivity index (χ0) is 15.1. The van der Waals surface area contributed by atoms with E-state index in [-0.39, 0.29) is 5.78 Å². The molecule has 0 unspecified atom stereocenters. The quantitative estimate of drug-likeness (QED) is 0.601. The molecule has 1 heterocycles. The minimum atomic E-state index is 0.0493. The Hall–Kier alpha value is -2.47. The fourth-order valence-electron chi connectivity index (χ4n) is 1.71. The van der Waals surface area contributed by atoms with Crippen LogP contribution in [0.1, 0.15) is 17.3 Å². The Morgan fingerprint density at radius 2 is 2.00 bits per heavy atom. The van der Waals surface area contributed by atoms with Crippen molar-refractivity contribution < 1.29 is 9.53 Å². The number of aromatic nitrogens is 2. The van der Waals surface area contributed by atoms with Crippen LogP contribution in [-0.4, -0.2) is 36.0 Å². The third-order valence-corrected chi connectivity index (χ3v) is 2.81. The summed E-state index contributed by atoms with van der Waals surface area (Å²) in [6.07, 6.45) is 1.68. The molecule has 2 N–H and O–H groups in total. The van der Waals surface area contributed by atoms with Gasteiger partial charge in [0.2, 0.25) is 5.95 Å². The molecule has 6 nitrogen and oxygen atoms in total. The summed E-state index contributed by atoms with van der Waals surface area (Å²) in [7, 11) is 1.64. The van der Waals surface area contributed by atoms with Gasteiger partial charge in [-0.3, -0.25) is 4.79 Å². The average Bonchev–Trinajstić information content (AvgIpc) is 2.48. The molecule has 0 amide bonds. The lowest BCUT2D eigenvalue weighted by atomic mass is 10.1. The largest absolute Gasteiger partial charge is 0.383 e. The van der Waals surface area contributed by atoms with Crippen LogP contribution in [0.3, 0.4) is 0 Å². The Bertz CT molecular complexity index is 599. The molecular formula is C15H18N4O2. The summed E-state index contributed by atoms with van der Waals surface area (Å²) >= 11 is 0. The fraction of sp³-hybridized carbons (Fsp3) is 0.267. The van der Waals surface area contributed by atoms with Crippen molar-refractivity contribution in [2.45, 2.75) is 6.92 Å². The van der Waals surface area contributed by atoms with Gasteiger partial charge in [0.05, 0.1) is 6.61 Å². The number of methoxy groups -OCH3 is 1. The molecule has 0 atom stereocenters. The van der Waals surface area contributed by atoms with Crippen LogP contribution in [0.4, 0.5) is 17.5 Å². The second-order valence-electron chi connectivity index (χ2n) is 4.44. The normalized spacial score (nSPS) is 10.2. The summed E-state index contributed by atoms with van der Waals surface area (Å²) in [4.78, 5) is 19.7. The summed E-state index contributed by atoms with van der Waals surface area (Å²) in [5, 5.41) is 6.23. The van der Waals surface area contributed by atoms with Gasteiger partial charge < -0.3 is 15.4 Å². The highest BCUT2D eigenvalue weighted by Crippen LogP contribution is 2.16. The fourth-order valence-corrected chi connectivity index (χ4v) is 1.71. The van der Waals surface area contributed by atoms with Crippen molar-refractivity contribution in [1.82, 2.24) is 9.97 Å². The number of ether oxygens (including phenoxy) is 1. The van der Waals surface area contributed by atoms with Crippen LogP contribution >= 0.6 is 0 Å². The van der Waals surface area contributed by atoms with Gasteiger partial charge in [0, 0.05) is 31.1 Å². The van der Waals surface area contributed by atoms with Crippen LogP contribution in [0.2, 0.25) is 0 Å². The number of ketones is 1. The Morgan fingerprint density at radius 1 is 1.24 bits per heavy atom. The van der Waals surface area contributed by atoms with Crippen molar-refractivity contribution in [3.8, 4) is 0 Å². The van der Waals surface area contributed by atoms with Gasteiger partial charge in [-0.25, -0.2) is 4.98 Å². The molecule has 2 rings (SSSR count). The minimum absolute atomic E-state index is 0.0493. The van der Waals surface area contributed by atoms with Crippen LogP contribution in [0.5, 0.6) is 0 Å². The van der Waals surface area contributed by atoms with E-state index >= 15 is 0 Å². The first-order valence-corrected chi connectivity index (χ1v) is 6.63. The van der Waals surface area contributed by atoms with Gasteiger partial charge >= 0.3 is 0 Å². The van der Waals surface area contributed by atoms with Crippen molar-refractivity contribution in [2.24, 2.45) is 0 Å². The Balaban J connectivity index is 2.01. The summed E-state index contributed by atoms with van der Waals surface area (Å²) in [6.45, 7) is 2.78. The third-order valence-electron chi connectivity index (χ3n) is 2.81. The standard InChI is InChI=1S/C15H18N4O2/c1-11(20)12-3-5-13(6-4-12)18-14-7-8-16-15(19-14)17-9-10-21-2/h3-8H,9-10H2,1-2H3,(H2,16,17,18,19). The molecule has 21 heavy (non-hydrogen) atoms. The number of Topliss-reactive ketones (excluding diaryl/α,β-unsaturated/α-hetero) is 1. The van der Waals surface area contributed by atoms with Crippen LogP contribution in [-0.2, 0) is 4.74 Å². The molecule has 0 spiro atoms. The van der Waals surface area contributed by atoms with Crippen molar-refractivity contribution in [3.63, 3.8) is 0 Å². The lowest BCUT2D eigenvalue weighted by Gasteiger charge is -2.08. The molecule has 0 radical (unpaired) electrons. The molecule has 2 aromatic rings. The number of rotatable bonds is 7. The molecule has 6 heteroatoms. The number of nitrogens with zero attached hydrogens (tertiary/aromatic N) is 2. The third kappa shape index (κ3) is 4.54. The van der Waals surface area contributed by atoms with Gasteiger partial charge in [0.15, 0.2) is 5.78 Å². The Kier molecular flexibility index (Phi) is 5.22. The van der Waals surface area contributed by atoms with E-state index in [2.05, 4.69) is 20.6 Å². The van der Waals surface area contributed by atoms with Crippen LogP contribution < -0.4 is 10.6 Å². The van der Waals surface area contributed by atoms with Gasteiger partial charge in [-0.2, -0.15) is 4.98 Å². The average molecular weight is 286 g/mol. The van der Waals surface area contributed by atoms with Crippen LogP contribution in [0, 0.1) is 0 Å². The van der Waals surface area contributed by atoms with E-state index in [0.717, 1.165) is 5.69 Å². The summed E-state index contributed by atoms with van der Waals surface area (Å²) in [5.74, 6) is 1.27. The molecular weight excluding hydrogens is 268 g/mol. The number of anilines is 3. The van der Waals surface area contributed by atoms with Gasteiger partial charge in [-0.15, -0.1) is 0 Å². The molecule has 1 aromatic heterocycles. The van der Waals surface area contributed by atoms with E-state index in [4.69, 9.17) is 4.74 Å². The van der Waals surface area contributed by atoms with Gasteiger partial charge in [-0.1, -0.05) is 0 Å². The monoisotopic (exact) mass is 286 g/mol. The van der Waals surface area contributed by atoms with Gasteiger partial charge in [0.25, 0.3) is 0 Å². The maximum atomic E-state index is 11.2. The van der Waals surface area contributed by atoms with E-state index in [1.165, 1.54) is 0 Å². The van der Waals surface area contributed by atoms with Crippen molar-refractivity contribution in [2.75, 3.05) is 30.9 Å². The highest BCUT2D eigenvalue weighted by Gasteiger charge is 2.01. The molecule has 0 aliphatic heterocycles. The number of carbonyl (C=O) groups is 1.